The number of rotatable bonds is 9. The molecule has 1 aromatic heterocycles. The third-order valence-corrected chi connectivity index (χ3v) is 7.65. The van der Waals surface area contributed by atoms with Crippen LogP contribution in [0.5, 0.6) is 0 Å². The van der Waals surface area contributed by atoms with Crippen molar-refractivity contribution in [2.45, 2.75) is 66.3 Å². The first-order valence-electron chi connectivity index (χ1n) is 14.3. The van der Waals surface area contributed by atoms with Crippen molar-refractivity contribution in [1.82, 2.24) is 14.5 Å². The molecular formula is C34H42N4O3. The number of amides is 2. The van der Waals surface area contributed by atoms with Crippen molar-refractivity contribution in [2.75, 3.05) is 25.6 Å². The number of ether oxygens (including phenoxy) is 1. The molecule has 7 nitrogen and oxygen atoms in total. The van der Waals surface area contributed by atoms with E-state index in [-0.39, 0.29) is 23.4 Å². The van der Waals surface area contributed by atoms with Crippen LogP contribution in [0, 0.1) is 13.8 Å². The van der Waals surface area contributed by atoms with Gasteiger partial charge in [-0.15, -0.1) is 0 Å². The number of methoxy groups -OCH3 is 1. The molecular weight excluding hydrogens is 512 g/mol. The number of urea groups is 1. The number of hydrogen-bond acceptors (Lipinski definition) is 4. The Kier molecular flexibility index (Phi) is 9.28. The van der Waals surface area contributed by atoms with Crippen molar-refractivity contribution in [2.24, 2.45) is 0 Å². The number of hydrogen-bond donors (Lipinski definition) is 1. The first-order chi connectivity index (χ1) is 19.5. The lowest BCUT2D eigenvalue weighted by Crippen LogP contribution is -2.42. The van der Waals surface area contributed by atoms with Crippen LogP contribution in [0.2, 0.25) is 0 Å². The van der Waals surface area contributed by atoms with Crippen molar-refractivity contribution >= 4 is 22.6 Å². The maximum Gasteiger partial charge on any atom is 0.322 e. The summed E-state index contributed by atoms with van der Waals surface area (Å²) in [6.45, 7) is 15.1. The molecule has 3 aromatic carbocycles. The Morgan fingerprint density at radius 2 is 1.61 bits per heavy atom. The Hall–Kier alpha value is -3.97. The molecule has 0 fully saturated rings. The number of carbonyl (C=O) groups excluding carboxylic acids is 1. The zero-order chi connectivity index (χ0) is 29.8. The van der Waals surface area contributed by atoms with Gasteiger partial charge in [0.2, 0.25) is 0 Å². The zero-order valence-corrected chi connectivity index (χ0v) is 25.5. The highest BCUT2D eigenvalue weighted by Crippen LogP contribution is 2.33. The van der Waals surface area contributed by atoms with Gasteiger partial charge in [0, 0.05) is 19.3 Å². The number of fused-ring (bicyclic) bond motifs is 1. The maximum atomic E-state index is 14.1. The zero-order valence-electron chi connectivity index (χ0n) is 25.5. The molecule has 4 rings (SSSR count). The fourth-order valence-corrected chi connectivity index (χ4v) is 5.30. The predicted octanol–water partition coefficient (Wildman–Crippen LogP) is 7.49. The molecule has 0 bridgehead atoms. The van der Waals surface area contributed by atoms with Gasteiger partial charge in [-0.1, -0.05) is 70.2 Å². The molecule has 0 aliphatic rings. The van der Waals surface area contributed by atoms with Gasteiger partial charge in [0.15, 0.2) is 0 Å². The molecule has 0 aliphatic heterocycles. The minimum atomic E-state index is -0.545. The molecule has 0 saturated carbocycles. The SMILES string of the molecule is COCCN(C(=O)Nc1c(C(C)C)cccc1C(C)C)C(C)c1nc2ccccc2c(=O)n1-c1cc(C)ccc1C. The second-order valence-corrected chi connectivity index (χ2v) is 11.3. The first-order valence-corrected chi connectivity index (χ1v) is 14.3. The van der Waals surface area contributed by atoms with Gasteiger partial charge in [-0.25, -0.2) is 9.78 Å². The Labute approximate surface area is 243 Å². The van der Waals surface area contributed by atoms with E-state index in [1.807, 2.05) is 63.2 Å². The third-order valence-electron chi connectivity index (χ3n) is 7.65. The topological polar surface area (TPSA) is 76.5 Å². The van der Waals surface area contributed by atoms with E-state index in [0.29, 0.717) is 29.9 Å². The second-order valence-electron chi connectivity index (χ2n) is 11.3. The summed E-state index contributed by atoms with van der Waals surface area (Å²) in [6.07, 6.45) is 0. The van der Waals surface area contributed by atoms with Crippen LogP contribution in [-0.4, -0.2) is 40.7 Å². The Morgan fingerprint density at radius 3 is 2.24 bits per heavy atom. The van der Waals surface area contributed by atoms with Gasteiger partial charge in [0.25, 0.3) is 5.56 Å². The summed E-state index contributed by atoms with van der Waals surface area (Å²) in [5.41, 5.74) is 6.18. The van der Waals surface area contributed by atoms with Gasteiger partial charge < -0.3 is 15.0 Å². The van der Waals surface area contributed by atoms with Crippen LogP contribution < -0.4 is 10.9 Å². The van der Waals surface area contributed by atoms with Crippen molar-refractivity contribution in [3.63, 3.8) is 0 Å². The highest BCUT2D eigenvalue weighted by atomic mass is 16.5. The smallest absolute Gasteiger partial charge is 0.322 e. The van der Waals surface area contributed by atoms with E-state index in [9.17, 15) is 9.59 Å². The molecule has 2 amide bonds. The fourth-order valence-electron chi connectivity index (χ4n) is 5.30. The molecule has 1 atom stereocenters. The van der Waals surface area contributed by atoms with Crippen molar-refractivity contribution < 1.29 is 9.53 Å². The molecule has 7 heteroatoms. The Morgan fingerprint density at radius 1 is 0.951 bits per heavy atom. The van der Waals surface area contributed by atoms with Crippen molar-refractivity contribution in [1.29, 1.82) is 0 Å². The van der Waals surface area contributed by atoms with Crippen LogP contribution in [0.15, 0.2) is 65.5 Å². The molecule has 1 N–H and O–H groups in total. The molecule has 1 heterocycles. The van der Waals surface area contributed by atoms with Crippen molar-refractivity contribution in [3.8, 4) is 5.69 Å². The predicted molar refractivity (Wildman–Crippen MR) is 167 cm³/mol. The number of anilines is 1. The van der Waals surface area contributed by atoms with Gasteiger partial charge in [-0.3, -0.25) is 9.36 Å². The summed E-state index contributed by atoms with van der Waals surface area (Å²) in [6, 6.07) is 18.8. The van der Waals surface area contributed by atoms with Gasteiger partial charge in [-0.2, -0.15) is 0 Å². The van der Waals surface area contributed by atoms with E-state index in [2.05, 4.69) is 45.1 Å². The largest absolute Gasteiger partial charge is 0.383 e. The summed E-state index contributed by atoms with van der Waals surface area (Å²) >= 11 is 0. The van der Waals surface area contributed by atoms with Crippen molar-refractivity contribution in [3.05, 3.63) is 99.1 Å². The lowest BCUT2D eigenvalue weighted by atomic mass is 9.93. The molecule has 1 unspecified atom stereocenters. The summed E-state index contributed by atoms with van der Waals surface area (Å²) in [7, 11) is 1.62. The highest BCUT2D eigenvalue weighted by Gasteiger charge is 2.28. The number of para-hydroxylation sites is 2. The number of nitrogens with zero attached hydrogens (tertiary/aromatic N) is 3. The van der Waals surface area contributed by atoms with E-state index in [0.717, 1.165) is 33.6 Å². The van der Waals surface area contributed by atoms with Crippen LogP contribution in [0.1, 0.15) is 80.6 Å². The minimum Gasteiger partial charge on any atom is -0.383 e. The van der Waals surface area contributed by atoms with Gasteiger partial charge >= 0.3 is 6.03 Å². The van der Waals surface area contributed by atoms with E-state index in [4.69, 9.17) is 9.72 Å². The highest BCUT2D eigenvalue weighted by molar-refractivity contribution is 5.92. The second kappa shape index (κ2) is 12.7. The standard InChI is InChI=1S/C34H42N4O3/c1-21(2)26-13-11-14-27(22(3)4)31(26)36-34(40)37(18-19-41-8)25(7)32-35-29-15-10-9-12-28(29)33(39)38(32)30-20-23(5)16-17-24(30)6/h9-17,20-22,25H,18-19H2,1-8H3,(H,36,40). The number of aromatic nitrogens is 2. The van der Waals surface area contributed by atoms with Gasteiger partial charge in [-0.05, 0) is 73.1 Å². The van der Waals surface area contributed by atoms with Crippen LogP contribution in [0.25, 0.3) is 16.6 Å². The molecule has 41 heavy (non-hydrogen) atoms. The summed E-state index contributed by atoms with van der Waals surface area (Å²) in [5.74, 6) is 0.950. The Balaban J connectivity index is 1.88. The number of carbonyl (C=O) groups is 1. The summed E-state index contributed by atoms with van der Waals surface area (Å²) < 4.78 is 7.09. The minimum absolute atomic E-state index is 0.162. The van der Waals surface area contributed by atoms with E-state index in [1.54, 1.807) is 22.6 Å². The van der Waals surface area contributed by atoms with Crippen LogP contribution >= 0.6 is 0 Å². The lowest BCUT2D eigenvalue weighted by Gasteiger charge is -2.32. The van der Waals surface area contributed by atoms with Crippen LogP contribution in [0.4, 0.5) is 10.5 Å². The van der Waals surface area contributed by atoms with Crippen LogP contribution in [0.3, 0.4) is 0 Å². The van der Waals surface area contributed by atoms with E-state index in [1.165, 1.54) is 0 Å². The van der Waals surface area contributed by atoms with Gasteiger partial charge in [0.1, 0.15) is 5.82 Å². The monoisotopic (exact) mass is 554 g/mol. The van der Waals surface area contributed by atoms with Crippen LogP contribution in [-0.2, 0) is 4.74 Å². The average Bonchev–Trinajstić information content (AvgIpc) is 2.94. The molecule has 0 saturated heterocycles. The molecule has 4 aromatic rings. The van der Waals surface area contributed by atoms with E-state index < -0.39 is 6.04 Å². The summed E-state index contributed by atoms with van der Waals surface area (Å²) in [4.78, 5) is 34.9. The normalized spacial score (nSPS) is 12.2. The fraction of sp³-hybridized carbons (Fsp3) is 0.382. The number of aryl methyl sites for hydroxylation is 2. The lowest BCUT2D eigenvalue weighted by molar-refractivity contribution is 0.137. The average molecular weight is 555 g/mol. The number of nitrogens with one attached hydrogen (secondary N) is 1. The summed E-state index contributed by atoms with van der Waals surface area (Å²) in [5, 5.41) is 3.78. The molecule has 0 spiro atoms. The molecule has 216 valence electrons. The quantitative estimate of drug-likeness (QED) is 0.233. The molecule has 0 aliphatic carbocycles. The third kappa shape index (κ3) is 6.20. The molecule has 0 radical (unpaired) electrons. The van der Waals surface area contributed by atoms with E-state index >= 15 is 0 Å². The Bertz CT molecular complexity index is 1580. The number of benzene rings is 3. The first kappa shape index (κ1) is 30.0. The maximum absolute atomic E-state index is 14.1. The van der Waals surface area contributed by atoms with Gasteiger partial charge in [0.05, 0.1) is 29.2 Å².